The van der Waals surface area contributed by atoms with Crippen LogP contribution in [0.15, 0.2) is 51.0 Å². The quantitative estimate of drug-likeness (QED) is 0.602. The van der Waals surface area contributed by atoms with Gasteiger partial charge in [-0.1, -0.05) is 18.2 Å². The zero-order chi connectivity index (χ0) is 15.8. The van der Waals surface area contributed by atoms with Gasteiger partial charge < -0.3 is 14.3 Å². The van der Waals surface area contributed by atoms with E-state index in [9.17, 15) is 4.79 Å². The number of furan rings is 1. The summed E-state index contributed by atoms with van der Waals surface area (Å²) in [6.45, 7) is 1.56. The lowest BCUT2D eigenvalue weighted by molar-refractivity contribution is -0.908. The Morgan fingerprint density at radius 2 is 2.09 bits per heavy atom. The summed E-state index contributed by atoms with van der Waals surface area (Å²) in [6, 6.07) is 11.8. The topological polar surface area (TPSA) is 63.3 Å². The number of nitrogens with one attached hydrogen (secondary N) is 2. The van der Waals surface area contributed by atoms with E-state index in [1.807, 2.05) is 24.3 Å². The maximum Gasteiger partial charge on any atom is 0.294 e. The molecule has 23 heavy (non-hydrogen) atoms. The number of hydrogen-bond donors (Lipinski definition) is 2. The Hall–Kier alpha value is -2.44. The molecule has 6 heteroatoms. The zero-order valence-corrected chi connectivity index (χ0v) is 13.4. The largest absolute Gasteiger partial charge is 0.449 e. The van der Waals surface area contributed by atoms with Crippen molar-refractivity contribution in [3.05, 3.63) is 62.8 Å². The number of aromatic nitrogens is 2. The van der Waals surface area contributed by atoms with E-state index in [1.165, 1.54) is 9.78 Å². The Balaban J connectivity index is 1.70. The van der Waals surface area contributed by atoms with Gasteiger partial charge in [-0.15, -0.1) is 11.3 Å². The highest BCUT2D eigenvalue weighted by atomic mass is 32.1. The molecule has 0 radical (unpaired) electrons. The minimum Gasteiger partial charge on any atom is -0.449 e. The Kier molecular flexibility index (Phi) is 3.48. The fourth-order valence-corrected chi connectivity index (χ4v) is 3.61. The van der Waals surface area contributed by atoms with E-state index < -0.39 is 0 Å². The number of nitrogens with zero attached hydrogens (tertiary/aromatic N) is 1. The maximum absolute atomic E-state index is 12.3. The normalized spacial score (nSPS) is 12.9. The zero-order valence-electron chi connectivity index (χ0n) is 12.6. The highest BCUT2D eigenvalue weighted by Gasteiger charge is 2.15. The lowest BCUT2D eigenvalue weighted by atomic mass is 10.2. The molecule has 0 amide bonds. The van der Waals surface area contributed by atoms with Gasteiger partial charge in [-0.05, 0) is 23.6 Å². The van der Waals surface area contributed by atoms with Crippen LogP contribution in [0.5, 0.6) is 0 Å². The van der Waals surface area contributed by atoms with Gasteiger partial charge in [-0.25, -0.2) is 4.98 Å². The van der Waals surface area contributed by atoms with Crippen LogP contribution in [0.25, 0.3) is 22.1 Å². The third-order valence-electron chi connectivity index (χ3n) is 3.81. The summed E-state index contributed by atoms with van der Waals surface area (Å²) >= 11 is 1.74. The molecule has 4 aromatic rings. The van der Waals surface area contributed by atoms with Gasteiger partial charge >= 0.3 is 0 Å². The summed E-state index contributed by atoms with van der Waals surface area (Å²) in [4.78, 5) is 22.3. The molecule has 0 fully saturated rings. The first kappa shape index (κ1) is 14.2. The van der Waals surface area contributed by atoms with E-state index in [1.54, 1.807) is 11.3 Å². The van der Waals surface area contributed by atoms with Crippen LogP contribution in [0.4, 0.5) is 0 Å². The van der Waals surface area contributed by atoms with E-state index in [2.05, 4.69) is 34.5 Å². The molecule has 0 spiro atoms. The van der Waals surface area contributed by atoms with Crippen molar-refractivity contribution < 1.29 is 9.32 Å². The van der Waals surface area contributed by atoms with Gasteiger partial charge in [0.1, 0.15) is 24.2 Å². The predicted octanol–water partition coefficient (Wildman–Crippen LogP) is 1.95. The highest BCUT2D eigenvalue weighted by Crippen LogP contribution is 2.24. The molecule has 0 aliphatic rings. The second-order valence-electron chi connectivity index (χ2n) is 5.68. The molecule has 0 saturated heterocycles. The van der Waals surface area contributed by atoms with Crippen LogP contribution in [-0.4, -0.2) is 17.0 Å². The van der Waals surface area contributed by atoms with Crippen molar-refractivity contribution in [3.63, 3.8) is 0 Å². The fraction of sp³-hybridized carbons (Fsp3) is 0.176. The predicted molar refractivity (Wildman–Crippen MR) is 90.7 cm³/mol. The van der Waals surface area contributed by atoms with Crippen molar-refractivity contribution in [1.29, 1.82) is 0 Å². The van der Waals surface area contributed by atoms with Crippen molar-refractivity contribution in [2.45, 2.75) is 13.1 Å². The lowest BCUT2D eigenvalue weighted by Crippen LogP contribution is -3.06. The molecule has 1 aromatic carbocycles. The molecule has 0 saturated carbocycles. The number of aromatic amines is 1. The maximum atomic E-state index is 12.3. The summed E-state index contributed by atoms with van der Waals surface area (Å²) < 4.78 is 5.62. The minimum atomic E-state index is -0.217. The second-order valence-corrected chi connectivity index (χ2v) is 6.71. The molecule has 0 bridgehead atoms. The molecular formula is C17H16N3O2S+. The molecule has 5 nitrogen and oxygen atoms in total. The first-order valence-corrected chi connectivity index (χ1v) is 8.33. The second kappa shape index (κ2) is 5.64. The standard InChI is InChI=1S/C17H15N3O2S/c1-20(9-11-5-4-8-23-11)10-14-18-15-12-6-2-3-7-13(12)22-16(15)17(21)19-14/h2-8H,9-10H2,1H3,(H,18,19,21)/p+1. The van der Waals surface area contributed by atoms with Gasteiger partial charge in [0.05, 0.1) is 11.9 Å². The van der Waals surface area contributed by atoms with Gasteiger partial charge in [0.25, 0.3) is 5.56 Å². The van der Waals surface area contributed by atoms with Crippen LogP contribution in [0, 0.1) is 0 Å². The summed E-state index contributed by atoms with van der Waals surface area (Å²) in [6.07, 6.45) is 0. The Morgan fingerprint density at radius 1 is 1.22 bits per heavy atom. The molecule has 116 valence electrons. The smallest absolute Gasteiger partial charge is 0.294 e. The number of thiophene rings is 1. The number of hydrogen-bond acceptors (Lipinski definition) is 4. The summed E-state index contributed by atoms with van der Waals surface area (Å²) in [5.41, 5.74) is 1.41. The Morgan fingerprint density at radius 3 is 2.91 bits per heavy atom. The van der Waals surface area contributed by atoms with E-state index >= 15 is 0 Å². The number of rotatable bonds is 4. The third-order valence-corrected chi connectivity index (χ3v) is 4.68. The molecule has 1 unspecified atom stereocenters. The molecule has 1 atom stereocenters. The first-order chi connectivity index (χ1) is 11.2. The average Bonchev–Trinajstić information content (AvgIpc) is 3.15. The van der Waals surface area contributed by atoms with Gasteiger partial charge in [-0.2, -0.15) is 0 Å². The van der Waals surface area contributed by atoms with Gasteiger partial charge in [0.2, 0.25) is 5.58 Å². The minimum absolute atomic E-state index is 0.217. The van der Waals surface area contributed by atoms with Crippen molar-refractivity contribution in [2.75, 3.05) is 7.05 Å². The molecule has 0 aliphatic carbocycles. The number of para-hydroxylation sites is 1. The van der Waals surface area contributed by atoms with E-state index in [0.717, 1.165) is 11.9 Å². The van der Waals surface area contributed by atoms with Crippen LogP contribution in [-0.2, 0) is 13.1 Å². The fourth-order valence-electron chi connectivity index (χ4n) is 2.79. The summed E-state index contributed by atoms with van der Waals surface area (Å²) in [5.74, 6) is 0.683. The molecule has 0 aliphatic heterocycles. The van der Waals surface area contributed by atoms with Crippen molar-refractivity contribution in [1.82, 2.24) is 9.97 Å². The molecule has 3 heterocycles. The van der Waals surface area contributed by atoms with Crippen molar-refractivity contribution in [3.8, 4) is 0 Å². The van der Waals surface area contributed by atoms with E-state index in [-0.39, 0.29) is 5.56 Å². The van der Waals surface area contributed by atoms with Gasteiger partial charge in [0.15, 0.2) is 5.82 Å². The monoisotopic (exact) mass is 326 g/mol. The van der Waals surface area contributed by atoms with Gasteiger partial charge in [-0.3, -0.25) is 4.79 Å². The number of benzene rings is 1. The van der Waals surface area contributed by atoms with Crippen LogP contribution in [0.3, 0.4) is 0 Å². The van der Waals surface area contributed by atoms with Crippen LogP contribution < -0.4 is 10.5 Å². The third kappa shape index (κ3) is 2.67. The van der Waals surface area contributed by atoms with Crippen molar-refractivity contribution in [2.24, 2.45) is 0 Å². The number of H-pyrrole nitrogens is 1. The van der Waals surface area contributed by atoms with Gasteiger partial charge in [0, 0.05) is 5.39 Å². The van der Waals surface area contributed by atoms with E-state index in [4.69, 9.17) is 4.42 Å². The van der Waals surface area contributed by atoms with Crippen LogP contribution in [0.2, 0.25) is 0 Å². The molecular weight excluding hydrogens is 310 g/mol. The lowest BCUT2D eigenvalue weighted by Gasteiger charge is -2.12. The molecule has 2 N–H and O–H groups in total. The number of fused-ring (bicyclic) bond motifs is 3. The average molecular weight is 326 g/mol. The van der Waals surface area contributed by atoms with E-state index in [0.29, 0.717) is 29.1 Å². The summed E-state index contributed by atoms with van der Waals surface area (Å²) in [5, 5.41) is 2.96. The van der Waals surface area contributed by atoms with Crippen molar-refractivity contribution >= 4 is 33.4 Å². The van der Waals surface area contributed by atoms with Crippen LogP contribution >= 0.6 is 11.3 Å². The molecule has 3 aromatic heterocycles. The number of quaternary nitrogens is 1. The summed E-state index contributed by atoms with van der Waals surface area (Å²) in [7, 11) is 2.09. The van der Waals surface area contributed by atoms with Crippen LogP contribution in [0.1, 0.15) is 10.7 Å². The Labute approximate surface area is 136 Å². The first-order valence-electron chi connectivity index (χ1n) is 7.45. The highest BCUT2D eigenvalue weighted by molar-refractivity contribution is 7.09. The Bertz CT molecular complexity index is 1020. The SMILES string of the molecule is C[NH+](Cc1nc2c(oc3ccccc32)c(=O)[nH]1)Cc1cccs1. The molecule has 4 rings (SSSR count).